The van der Waals surface area contributed by atoms with Crippen molar-refractivity contribution >= 4 is 5.69 Å². The molecule has 0 saturated carbocycles. The van der Waals surface area contributed by atoms with E-state index in [1.54, 1.807) is 0 Å². The van der Waals surface area contributed by atoms with E-state index in [0.29, 0.717) is 0 Å². The van der Waals surface area contributed by atoms with E-state index in [4.69, 9.17) is 11.0 Å². The highest BCUT2D eigenvalue weighted by molar-refractivity contribution is 5.42. The molecule has 0 spiro atoms. The van der Waals surface area contributed by atoms with Gasteiger partial charge in [-0.05, 0) is 31.5 Å². The van der Waals surface area contributed by atoms with E-state index < -0.39 is 5.41 Å². The number of hydrogen-bond donors (Lipinski definition) is 1. The normalized spacial score (nSPS) is 10.8. The fourth-order valence-corrected chi connectivity index (χ4v) is 0.964. The third kappa shape index (κ3) is 1.57. The maximum atomic E-state index is 8.84. The molecular formula is C10H12N2. The van der Waals surface area contributed by atoms with Gasteiger partial charge in [-0.15, -0.1) is 0 Å². The molecule has 1 rings (SSSR count). The number of nitrogen functional groups attached to an aromatic ring is 1. The first-order valence-corrected chi connectivity index (χ1v) is 3.83. The van der Waals surface area contributed by atoms with E-state index in [1.807, 2.05) is 38.1 Å². The summed E-state index contributed by atoms with van der Waals surface area (Å²) in [5.74, 6) is 0. The summed E-state index contributed by atoms with van der Waals surface area (Å²) in [6, 6.07) is 9.64. The highest BCUT2D eigenvalue weighted by atomic mass is 15.0. The predicted octanol–water partition coefficient (Wildman–Crippen LogP) is 2.07. The van der Waals surface area contributed by atoms with Crippen LogP contribution in [0.1, 0.15) is 19.4 Å². The van der Waals surface area contributed by atoms with Gasteiger partial charge < -0.3 is 5.73 Å². The van der Waals surface area contributed by atoms with Gasteiger partial charge in [0.2, 0.25) is 0 Å². The van der Waals surface area contributed by atoms with E-state index in [-0.39, 0.29) is 0 Å². The summed E-state index contributed by atoms with van der Waals surface area (Å²) in [5.41, 5.74) is 6.83. The van der Waals surface area contributed by atoms with Crippen molar-refractivity contribution in [3.05, 3.63) is 29.8 Å². The molecule has 2 N–H and O–H groups in total. The van der Waals surface area contributed by atoms with Crippen LogP contribution < -0.4 is 5.73 Å². The molecule has 0 fully saturated rings. The van der Waals surface area contributed by atoms with Gasteiger partial charge in [-0.1, -0.05) is 12.1 Å². The maximum Gasteiger partial charge on any atom is 0.0766 e. The van der Waals surface area contributed by atoms with Crippen LogP contribution in [0.4, 0.5) is 5.69 Å². The van der Waals surface area contributed by atoms with E-state index >= 15 is 0 Å². The van der Waals surface area contributed by atoms with Gasteiger partial charge in [0.05, 0.1) is 11.5 Å². The van der Waals surface area contributed by atoms with Gasteiger partial charge in [-0.25, -0.2) is 0 Å². The molecule has 1 aromatic rings. The van der Waals surface area contributed by atoms with Crippen molar-refractivity contribution in [3.8, 4) is 6.07 Å². The Kier molecular flexibility index (Phi) is 2.05. The van der Waals surface area contributed by atoms with E-state index in [1.165, 1.54) is 0 Å². The fraction of sp³-hybridized carbons (Fsp3) is 0.300. The Balaban J connectivity index is 3.07. The van der Waals surface area contributed by atoms with Crippen molar-refractivity contribution in [2.45, 2.75) is 19.3 Å². The van der Waals surface area contributed by atoms with Crippen LogP contribution >= 0.6 is 0 Å². The maximum absolute atomic E-state index is 8.84. The van der Waals surface area contributed by atoms with Crippen LogP contribution in [0.5, 0.6) is 0 Å². The molecule has 1 aromatic carbocycles. The second-order valence-electron chi connectivity index (χ2n) is 3.36. The smallest absolute Gasteiger partial charge is 0.0766 e. The number of anilines is 1. The van der Waals surface area contributed by atoms with Crippen molar-refractivity contribution in [2.24, 2.45) is 0 Å². The van der Waals surface area contributed by atoms with Gasteiger partial charge in [0, 0.05) is 5.69 Å². The van der Waals surface area contributed by atoms with Crippen molar-refractivity contribution in [3.63, 3.8) is 0 Å². The summed E-state index contributed by atoms with van der Waals surface area (Å²) in [5, 5.41) is 8.84. The number of nitrogens with zero attached hydrogens (tertiary/aromatic N) is 1. The Hall–Kier alpha value is -1.49. The highest BCUT2D eigenvalue weighted by Crippen LogP contribution is 2.22. The average molecular weight is 166 g/mol. The summed E-state index contributed by atoms with van der Waals surface area (Å²) in [7, 11) is 0. The van der Waals surface area contributed by atoms with Crippen LogP contribution in [-0.2, 0) is 5.41 Å². The van der Waals surface area contributed by atoms with E-state index in [9.17, 15) is 0 Å². The lowest BCUT2D eigenvalue weighted by Gasteiger charge is -2.15. The van der Waals surface area contributed by atoms with Crippen LogP contribution in [0.2, 0.25) is 0 Å². The summed E-state index contributed by atoms with van der Waals surface area (Å²) in [6.07, 6.45) is 0. The fourth-order valence-electron chi connectivity index (χ4n) is 0.964. The van der Waals surface area contributed by atoms with Crippen molar-refractivity contribution in [1.82, 2.24) is 0 Å². The Morgan fingerprint density at radius 2 is 1.75 bits per heavy atom. The summed E-state index contributed by atoms with van der Waals surface area (Å²) in [6.45, 7) is 3.77. The largest absolute Gasteiger partial charge is 0.399 e. The lowest BCUT2D eigenvalue weighted by atomic mass is 10.1. The number of nitriles is 1. The van der Waals surface area contributed by atoms with Crippen molar-refractivity contribution < 1.29 is 0 Å². The van der Waals surface area contributed by atoms with Crippen LogP contribution in [-0.4, -0.2) is 0 Å². The molecule has 0 saturated heterocycles. The second kappa shape index (κ2) is 2.86. The van der Waals surface area contributed by atoms with E-state index in [2.05, 4.69) is 6.07 Å². The minimum absolute atomic E-state index is 0.423. The molecule has 0 unspecified atom stereocenters. The molecule has 0 amide bonds. The summed E-state index contributed by atoms with van der Waals surface area (Å²) in [4.78, 5) is 0. The third-order valence-corrected chi connectivity index (χ3v) is 1.91. The zero-order valence-corrected chi connectivity index (χ0v) is 7.33. The van der Waals surface area contributed by atoms with Crippen LogP contribution in [0.3, 0.4) is 0 Å². The Bertz CT molecular complexity index is 304. The topological polar surface area (TPSA) is 49.8 Å². The van der Waals surface area contributed by atoms with E-state index in [0.717, 1.165) is 11.3 Å². The van der Waals surface area contributed by atoms with Gasteiger partial charge in [-0.3, -0.25) is 0 Å². The number of hydrogen-bond acceptors (Lipinski definition) is 2. The van der Waals surface area contributed by atoms with Crippen molar-refractivity contribution in [1.29, 1.82) is 5.26 Å². The van der Waals surface area contributed by atoms with Crippen LogP contribution in [0.25, 0.3) is 0 Å². The molecule has 2 heteroatoms. The molecule has 12 heavy (non-hydrogen) atoms. The summed E-state index contributed by atoms with van der Waals surface area (Å²) < 4.78 is 0. The Morgan fingerprint density at radius 3 is 2.17 bits per heavy atom. The molecule has 0 radical (unpaired) electrons. The number of benzene rings is 1. The molecule has 0 aromatic heterocycles. The minimum Gasteiger partial charge on any atom is -0.399 e. The van der Waals surface area contributed by atoms with Gasteiger partial charge in [0.1, 0.15) is 0 Å². The highest BCUT2D eigenvalue weighted by Gasteiger charge is 2.18. The summed E-state index contributed by atoms with van der Waals surface area (Å²) >= 11 is 0. The molecule has 0 atom stereocenters. The van der Waals surface area contributed by atoms with Gasteiger partial charge in [0.25, 0.3) is 0 Å². The first-order valence-electron chi connectivity index (χ1n) is 3.83. The third-order valence-electron chi connectivity index (χ3n) is 1.91. The quantitative estimate of drug-likeness (QED) is 0.649. The molecule has 0 bridgehead atoms. The van der Waals surface area contributed by atoms with Crippen molar-refractivity contribution in [2.75, 3.05) is 5.73 Å². The lowest BCUT2D eigenvalue weighted by Crippen LogP contribution is -2.13. The van der Waals surface area contributed by atoms with Gasteiger partial charge in [-0.2, -0.15) is 5.26 Å². The van der Waals surface area contributed by atoms with Crippen LogP contribution in [0, 0.1) is 11.3 Å². The first kappa shape index (κ1) is 8.61. The zero-order chi connectivity index (χ0) is 9.19. The minimum atomic E-state index is -0.423. The SMILES string of the molecule is CC(C)(C#N)[13c]1[13cH][13cH][13c](N)[13cH][13cH]1. The molecule has 0 aliphatic heterocycles. The zero-order valence-electron chi connectivity index (χ0n) is 7.33. The standard InChI is InChI=1S/C10H12N2/c1-10(2,7-11)8-3-5-9(12)6-4-8/h3-6H,12H2,1-2H3/i3+1,4+1,5+1,6+1,8+1,9+1. The molecule has 2 nitrogen and oxygen atoms in total. The molecule has 0 heterocycles. The molecule has 62 valence electrons. The predicted molar refractivity (Wildman–Crippen MR) is 49.5 cm³/mol. The number of nitrogens with two attached hydrogens (primary N) is 1. The average Bonchev–Trinajstić information content (AvgIpc) is 2.05. The van der Waals surface area contributed by atoms with Gasteiger partial charge in [0.15, 0.2) is 0 Å². The Labute approximate surface area is 72.6 Å². The monoisotopic (exact) mass is 166 g/mol. The lowest BCUT2D eigenvalue weighted by molar-refractivity contribution is 0.687. The Morgan fingerprint density at radius 1 is 1.25 bits per heavy atom. The molecular weight excluding hydrogens is 154 g/mol. The first-order chi connectivity index (χ1) is 5.56. The van der Waals surface area contributed by atoms with Gasteiger partial charge >= 0.3 is 0 Å². The second-order valence-corrected chi connectivity index (χ2v) is 3.36. The molecule has 0 aliphatic carbocycles. The number of rotatable bonds is 1. The molecule has 0 aliphatic rings. The van der Waals surface area contributed by atoms with Crippen LogP contribution in [0.15, 0.2) is 24.3 Å².